The van der Waals surface area contributed by atoms with Crippen molar-refractivity contribution in [3.8, 4) is 11.3 Å². The van der Waals surface area contributed by atoms with Crippen LogP contribution in [0, 0.1) is 5.92 Å². The second-order valence-corrected chi connectivity index (χ2v) is 8.22. The number of amides is 2. The van der Waals surface area contributed by atoms with Gasteiger partial charge in [-0.3, -0.25) is 14.7 Å². The van der Waals surface area contributed by atoms with Crippen LogP contribution in [0.2, 0.25) is 0 Å². The Kier molecular flexibility index (Phi) is 5.20. The molecular formula is C22H28N4O2. The first-order chi connectivity index (χ1) is 13.5. The van der Waals surface area contributed by atoms with Gasteiger partial charge in [0.25, 0.3) is 0 Å². The number of aromatic amines is 1. The maximum atomic E-state index is 13.3. The van der Waals surface area contributed by atoms with Crippen molar-refractivity contribution in [2.75, 3.05) is 6.54 Å². The fraction of sp³-hybridized carbons (Fsp3) is 0.500. The summed E-state index contributed by atoms with van der Waals surface area (Å²) in [6, 6.07) is 12.5. The van der Waals surface area contributed by atoms with E-state index in [9.17, 15) is 9.59 Å². The van der Waals surface area contributed by atoms with E-state index in [1.165, 1.54) is 0 Å². The monoisotopic (exact) mass is 380 g/mol. The molecule has 6 nitrogen and oxygen atoms in total. The van der Waals surface area contributed by atoms with E-state index in [1.54, 1.807) is 0 Å². The van der Waals surface area contributed by atoms with Gasteiger partial charge in [0.1, 0.15) is 0 Å². The van der Waals surface area contributed by atoms with Crippen LogP contribution in [0.3, 0.4) is 0 Å². The summed E-state index contributed by atoms with van der Waals surface area (Å²) in [7, 11) is 0. The molecule has 2 heterocycles. The molecule has 2 aliphatic rings. The molecule has 1 aliphatic carbocycles. The Morgan fingerprint density at radius 3 is 2.68 bits per heavy atom. The summed E-state index contributed by atoms with van der Waals surface area (Å²) in [5.74, 6) is 0.255. The molecule has 2 amide bonds. The summed E-state index contributed by atoms with van der Waals surface area (Å²) in [5, 5.41) is 7.49. The van der Waals surface area contributed by atoms with E-state index in [0.717, 1.165) is 29.8 Å². The van der Waals surface area contributed by atoms with Crippen LogP contribution in [-0.2, 0) is 16.1 Å². The molecular weight excluding hydrogens is 352 g/mol. The first-order valence-corrected chi connectivity index (χ1v) is 10.2. The maximum absolute atomic E-state index is 13.3. The number of hydrogen-bond acceptors (Lipinski definition) is 3. The van der Waals surface area contributed by atoms with Crippen molar-refractivity contribution in [3.05, 3.63) is 42.1 Å². The number of carbonyl (C=O) groups is 2. The van der Waals surface area contributed by atoms with Gasteiger partial charge >= 0.3 is 0 Å². The highest BCUT2D eigenvalue weighted by molar-refractivity contribution is 5.84. The third-order valence-electron chi connectivity index (χ3n) is 5.73. The minimum Gasteiger partial charge on any atom is -0.339 e. The van der Waals surface area contributed by atoms with Gasteiger partial charge in [-0.25, -0.2) is 0 Å². The van der Waals surface area contributed by atoms with Crippen molar-refractivity contribution in [3.63, 3.8) is 0 Å². The zero-order valence-electron chi connectivity index (χ0n) is 16.6. The molecule has 0 bridgehead atoms. The van der Waals surface area contributed by atoms with Crippen molar-refractivity contribution in [1.29, 1.82) is 0 Å². The number of hydrogen-bond donors (Lipinski definition) is 1. The molecule has 4 rings (SSSR count). The van der Waals surface area contributed by atoms with E-state index in [1.807, 2.05) is 60.0 Å². The molecule has 1 aromatic heterocycles. The Bertz CT molecular complexity index is 841. The van der Waals surface area contributed by atoms with Crippen LogP contribution < -0.4 is 0 Å². The Labute approximate surface area is 165 Å². The first kappa shape index (κ1) is 18.7. The number of H-pyrrole nitrogens is 1. The normalized spacial score (nSPS) is 19.9. The van der Waals surface area contributed by atoms with Crippen LogP contribution in [0.25, 0.3) is 11.3 Å². The molecule has 28 heavy (non-hydrogen) atoms. The average molecular weight is 380 g/mol. The fourth-order valence-electron chi connectivity index (χ4n) is 3.94. The number of carbonyl (C=O) groups excluding carboxylic acids is 2. The standard InChI is InChI=1S/C22H28N4O2/c1-15(2)25(14-18-12-20(24-23-18)16-6-4-3-5-7-16)22(28)17-8-11-21(27)26(13-17)19-9-10-19/h3-7,12,15,17,19H,8-11,13-14H2,1-2H3,(H,23,24)/t17-/m1/s1. The zero-order chi connectivity index (χ0) is 19.7. The molecule has 0 spiro atoms. The molecule has 1 aromatic carbocycles. The van der Waals surface area contributed by atoms with E-state index in [-0.39, 0.29) is 23.8 Å². The second kappa shape index (κ2) is 7.78. The molecule has 0 unspecified atom stereocenters. The molecule has 1 aliphatic heterocycles. The largest absolute Gasteiger partial charge is 0.339 e. The molecule has 1 saturated heterocycles. The summed E-state index contributed by atoms with van der Waals surface area (Å²) in [5.41, 5.74) is 2.86. The second-order valence-electron chi connectivity index (χ2n) is 8.22. The molecule has 2 fully saturated rings. The van der Waals surface area contributed by atoms with Crippen LogP contribution in [0.4, 0.5) is 0 Å². The summed E-state index contributed by atoms with van der Waals surface area (Å²) < 4.78 is 0. The van der Waals surface area contributed by atoms with E-state index < -0.39 is 0 Å². The minimum atomic E-state index is -0.0998. The Balaban J connectivity index is 1.46. The summed E-state index contributed by atoms with van der Waals surface area (Å²) in [4.78, 5) is 29.3. The number of benzene rings is 1. The highest BCUT2D eigenvalue weighted by atomic mass is 16.2. The zero-order valence-corrected chi connectivity index (χ0v) is 16.6. The van der Waals surface area contributed by atoms with E-state index in [4.69, 9.17) is 0 Å². The minimum absolute atomic E-state index is 0.0861. The van der Waals surface area contributed by atoms with E-state index >= 15 is 0 Å². The molecule has 1 N–H and O–H groups in total. The molecule has 1 atom stereocenters. The van der Waals surface area contributed by atoms with Crippen molar-refractivity contribution >= 4 is 11.8 Å². The molecule has 148 valence electrons. The fourth-order valence-corrected chi connectivity index (χ4v) is 3.94. The van der Waals surface area contributed by atoms with Crippen LogP contribution in [0.15, 0.2) is 36.4 Å². The van der Waals surface area contributed by atoms with Gasteiger partial charge in [-0.05, 0) is 39.2 Å². The molecule has 1 saturated carbocycles. The molecule has 0 radical (unpaired) electrons. The highest BCUT2D eigenvalue weighted by Crippen LogP contribution is 2.32. The van der Waals surface area contributed by atoms with Crippen molar-refractivity contribution in [1.82, 2.24) is 20.0 Å². The van der Waals surface area contributed by atoms with Gasteiger partial charge in [0.15, 0.2) is 0 Å². The van der Waals surface area contributed by atoms with Gasteiger partial charge in [0.2, 0.25) is 11.8 Å². The van der Waals surface area contributed by atoms with E-state index in [2.05, 4.69) is 10.2 Å². The van der Waals surface area contributed by atoms with Crippen LogP contribution in [0.5, 0.6) is 0 Å². The number of rotatable bonds is 6. The van der Waals surface area contributed by atoms with Gasteiger partial charge in [0.05, 0.1) is 23.9 Å². The topological polar surface area (TPSA) is 69.3 Å². The van der Waals surface area contributed by atoms with Gasteiger partial charge in [-0.15, -0.1) is 0 Å². The average Bonchev–Trinajstić information content (AvgIpc) is 3.44. The van der Waals surface area contributed by atoms with Crippen molar-refractivity contribution < 1.29 is 9.59 Å². The first-order valence-electron chi connectivity index (χ1n) is 10.2. The maximum Gasteiger partial charge on any atom is 0.228 e. The van der Waals surface area contributed by atoms with Gasteiger partial charge in [-0.2, -0.15) is 5.10 Å². The smallest absolute Gasteiger partial charge is 0.228 e. The number of likely N-dealkylation sites (tertiary alicyclic amines) is 1. The lowest BCUT2D eigenvalue weighted by Gasteiger charge is -2.36. The SMILES string of the molecule is CC(C)N(Cc1cc(-c2ccccc2)n[nH]1)C(=O)[C@@H]1CCC(=O)N(C2CC2)C1. The Morgan fingerprint density at radius 2 is 2.00 bits per heavy atom. The summed E-state index contributed by atoms with van der Waals surface area (Å²) >= 11 is 0. The summed E-state index contributed by atoms with van der Waals surface area (Å²) in [6.07, 6.45) is 3.30. The number of nitrogens with one attached hydrogen (secondary N) is 1. The van der Waals surface area contributed by atoms with Gasteiger partial charge in [-0.1, -0.05) is 30.3 Å². The third kappa shape index (κ3) is 3.96. The predicted octanol–water partition coefficient (Wildman–Crippen LogP) is 3.21. The van der Waals surface area contributed by atoms with E-state index in [0.29, 0.717) is 32.0 Å². The summed E-state index contributed by atoms with van der Waals surface area (Å²) in [6.45, 7) is 5.16. The molecule has 2 aromatic rings. The van der Waals surface area contributed by atoms with Crippen LogP contribution in [-0.4, -0.2) is 50.4 Å². The quantitative estimate of drug-likeness (QED) is 0.837. The third-order valence-corrected chi connectivity index (χ3v) is 5.73. The highest BCUT2D eigenvalue weighted by Gasteiger charge is 2.40. The predicted molar refractivity (Wildman–Crippen MR) is 107 cm³/mol. The lowest BCUT2D eigenvalue weighted by molar-refractivity contribution is -0.145. The van der Waals surface area contributed by atoms with Gasteiger partial charge in [0, 0.05) is 30.6 Å². The Morgan fingerprint density at radius 1 is 1.25 bits per heavy atom. The number of aromatic nitrogens is 2. The lowest BCUT2D eigenvalue weighted by atomic mass is 9.95. The van der Waals surface area contributed by atoms with Crippen molar-refractivity contribution in [2.45, 2.75) is 58.2 Å². The van der Waals surface area contributed by atoms with Crippen LogP contribution >= 0.6 is 0 Å². The molecule has 6 heteroatoms. The lowest BCUT2D eigenvalue weighted by Crippen LogP contribution is -2.49. The van der Waals surface area contributed by atoms with Crippen LogP contribution in [0.1, 0.15) is 45.2 Å². The van der Waals surface area contributed by atoms with Crippen molar-refractivity contribution in [2.24, 2.45) is 5.92 Å². The van der Waals surface area contributed by atoms with Gasteiger partial charge < -0.3 is 9.80 Å². The number of piperidine rings is 1. The Hall–Kier alpha value is -2.63. The number of nitrogens with zero attached hydrogens (tertiary/aromatic N) is 3.